The van der Waals surface area contributed by atoms with E-state index in [1.807, 2.05) is 18.2 Å². The summed E-state index contributed by atoms with van der Waals surface area (Å²) in [6.45, 7) is 0. The minimum Gasteiger partial charge on any atom is -0.478 e. The van der Waals surface area contributed by atoms with E-state index in [0.29, 0.717) is 0 Å². The summed E-state index contributed by atoms with van der Waals surface area (Å²) in [4.78, 5) is 16.3. The Balaban J connectivity index is 1.49. The Morgan fingerprint density at radius 3 is 2.10 bits per heavy atom. The van der Waals surface area contributed by atoms with Crippen LogP contribution in [-0.4, -0.2) is 25.7 Å². The van der Waals surface area contributed by atoms with Crippen LogP contribution in [0.15, 0.2) is 85.1 Å². The Kier molecular flexibility index (Phi) is 4.18. The summed E-state index contributed by atoms with van der Waals surface area (Å²) < 4.78 is 1.81. The molecule has 5 aromatic rings. The molecule has 0 saturated carbocycles. The number of imidazole rings is 1. The van der Waals surface area contributed by atoms with Gasteiger partial charge in [-0.05, 0) is 23.3 Å². The fourth-order valence-corrected chi connectivity index (χ4v) is 4.11. The van der Waals surface area contributed by atoms with Gasteiger partial charge in [0.05, 0.1) is 17.5 Å². The molecule has 0 atom stereocenters. The average Bonchev–Trinajstić information content (AvgIpc) is 3.36. The highest BCUT2D eigenvalue weighted by molar-refractivity contribution is 7.19. The summed E-state index contributed by atoms with van der Waals surface area (Å²) in [7, 11) is 0. The van der Waals surface area contributed by atoms with Gasteiger partial charge in [-0.15, -0.1) is 0 Å². The van der Waals surface area contributed by atoms with E-state index in [4.69, 9.17) is 10.2 Å². The van der Waals surface area contributed by atoms with Gasteiger partial charge in [-0.2, -0.15) is 5.10 Å². The number of hydrogen-bond donors (Lipinski definition) is 1. The van der Waals surface area contributed by atoms with Crippen LogP contribution in [0.1, 0.15) is 10.4 Å². The van der Waals surface area contributed by atoms with Gasteiger partial charge in [0, 0.05) is 11.1 Å². The zero-order valence-corrected chi connectivity index (χ0v) is 16.0. The normalized spacial score (nSPS) is 11.0. The lowest BCUT2D eigenvalue weighted by atomic mass is 10.0. The molecule has 5 nitrogen and oxygen atoms in total. The lowest BCUT2D eigenvalue weighted by Gasteiger charge is -2.02. The maximum Gasteiger partial charge on any atom is 0.335 e. The molecule has 6 heteroatoms. The van der Waals surface area contributed by atoms with E-state index in [9.17, 15) is 4.79 Å². The Hall–Kier alpha value is -3.77. The van der Waals surface area contributed by atoms with Crippen LogP contribution in [0.25, 0.3) is 37.9 Å². The first-order valence-electron chi connectivity index (χ1n) is 9.03. The summed E-state index contributed by atoms with van der Waals surface area (Å²) in [5, 5.41) is 14.7. The molecule has 0 radical (unpaired) electrons. The summed E-state index contributed by atoms with van der Waals surface area (Å²) in [5.74, 6) is -0.940. The van der Waals surface area contributed by atoms with Crippen LogP contribution in [-0.2, 0) is 0 Å². The third kappa shape index (κ3) is 3.19. The zero-order valence-electron chi connectivity index (χ0n) is 15.2. The van der Waals surface area contributed by atoms with Crippen LogP contribution in [0.2, 0.25) is 0 Å². The van der Waals surface area contributed by atoms with Crippen LogP contribution < -0.4 is 0 Å². The van der Waals surface area contributed by atoms with Crippen molar-refractivity contribution < 1.29 is 9.90 Å². The molecule has 2 heterocycles. The van der Waals surface area contributed by atoms with Crippen molar-refractivity contribution in [3.05, 3.63) is 90.6 Å². The molecule has 0 amide bonds. The number of benzene rings is 3. The number of nitrogens with zero attached hydrogens (tertiary/aromatic N) is 3. The van der Waals surface area contributed by atoms with Crippen LogP contribution in [0.3, 0.4) is 0 Å². The van der Waals surface area contributed by atoms with Crippen LogP contribution in [0.5, 0.6) is 0 Å². The molecule has 3 aromatic carbocycles. The number of carboxylic acids is 1. The smallest absolute Gasteiger partial charge is 0.335 e. The van der Waals surface area contributed by atoms with Crippen molar-refractivity contribution >= 4 is 22.3 Å². The number of carboxylic acid groups (broad SMARTS) is 1. The minimum atomic E-state index is -0.940. The fraction of sp³-hybridized carbons (Fsp3) is 0. The van der Waals surface area contributed by atoms with Crippen molar-refractivity contribution in [1.29, 1.82) is 0 Å². The Morgan fingerprint density at radius 2 is 1.41 bits per heavy atom. The van der Waals surface area contributed by atoms with E-state index in [1.54, 1.807) is 35.0 Å². The average molecular weight is 397 g/mol. The zero-order chi connectivity index (χ0) is 19.8. The predicted molar refractivity (Wildman–Crippen MR) is 114 cm³/mol. The Labute approximate surface area is 170 Å². The summed E-state index contributed by atoms with van der Waals surface area (Å²) in [6, 6.07) is 25.3. The van der Waals surface area contributed by atoms with Crippen molar-refractivity contribution in [2.75, 3.05) is 0 Å². The SMILES string of the molecule is O=C(O)c1ccc(-c2cnc3sc(-c4ccc(-c5ccccc5)cc4)nn23)cc1. The molecule has 0 aliphatic heterocycles. The first kappa shape index (κ1) is 17.3. The van der Waals surface area contributed by atoms with Crippen molar-refractivity contribution in [2.24, 2.45) is 0 Å². The first-order valence-corrected chi connectivity index (χ1v) is 9.85. The predicted octanol–water partition coefficient (Wildman–Crippen LogP) is 5.49. The fourth-order valence-electron chi connectivity index (χ4n) is 3.23. The summed E-state index contributed by atoms with van der Waals surface area (Å²) in [6.07, 6.45) is 1.76. The lowest BCUT2D eigenvalue weighted by molar-refractivity contribution is 0.0697. The quantitative estimate of drug-likeness (QED) is 0.435. The molecule has 2 aromatic heterocycles. The van der Waals surface area contributed by atoms with E-state index in [2.05, 4.69) is 41.4 Å². The molecular formula is C23H15N3O2S. The second kappa shape index (κ2) is 7.00. The molecule has 29 heavy (non-hydrogen) atoms. The second-order valence-corrected chi connectivity index (χ2v) is 7.53. The number of carbonyl (C=O) groups is 1. The molecule has 0 spiro atoms. The molecule has 0 bridgehead atoms. The summed E-state index contributed by atoms with van der Waals surface area (Å²) >= 11 is 1.52. The van der Waals surface area contributed by atoms with Gasteiger partial charge in [0.2, 0.25) is 4.96 Å². The molecule has 0 aliphatic carbocycles. The van der Waals surface area contributed by atoms with Crippen molar-refractivity contribution in [3.8, 4) is 33.0 Å². The number of aromatic nitrogens is 3. The topological polar surface area (TPSA) is 67.5 Å². The number of aromatic carboxylic acids is 1. The molecule has 1 N–H and O–H groups in total. The Morgan fingerprint density at radius 1 is 0.793 bits per heavy atom. The van der Waals surface area contributed by atoms with Gasteiger partial charge in [-0.1, -0.05) is 78.1 Å². The van der Waals surface area contributed by atoms with Gasteiger partial charge in [0.25, 0.3) is 0 Å². The molecule has 5 rings (SSSR count). The van der Waals surface area contributed by atoms with E-state index in [-0.39, 0.29) is 5.56 Å². The molecule has 0 fully saturated rings. The van der Waals surface area contributed by atoms with E-state index >= 15 is 0 Å². The number of fused-ring (bicyclic) bond motifs is 1. The molecule has 140 valence electrons. The van der Waals surface area contributed by atoms with Gasteiger partial charge in [-0.25, -0.2) is 14.3 Å². The van der Waals surface area contributed by atoms with E-state index in [0.717, 1.165) is 32.4 Å². The standard InChI is InChI=1S/C23H15N3O2S/c27-22(28)19-12-8-17(9-13-19)20-14-24-23-26(20)25-21(29-23)18-10-6-16(7-11-18)15-4-2-1-3-5-15/h1-14H,(H,27,28). The largest absolute Gasteiger partial charge is 0.478 e. The lowest BCUT2D eigenvalue weighted by Crippen LogP contribution is -1.95. The highest BCUT2D eigenvalue weighted by atomic mass is 32.1. The third-order valence-corrected chi connectivity index (χ3v) is 5.72. The molecule has 0 aliphatic rings. The second-order valence-electron chi connectivity index (χ2n) is 6.57. The van der Waals surface area contributed by atoms with Crippen molar-refractivity contribution in [2.45, 2.75) is 0 Å². The van der Waals surface area contributed by atoms with Crippen LogP contribution in [0, 0.1) is 0 Å². The maximum atomic E-state index is 11.1. The number of rotatable bonds is 4. The highest BCUT2D eigenvalue weighted by Crippen LogP contribution is 2.30. The summed E-state index contributed by atoms with van der Waals surface area (Å²) in [5.41, 5.74) is 5.34. The van der Waals surface area contributed by atoms with E-state index < -0.39 is 5.97 Å². The van der Waals surface area contributed by atoms with Crippen LogP contribution >= 0.6 is 11.3 Å². The van der Waals surface area contributed by atoms with Gasteiger partial charge in [0.15, 0.2) is 0 Å². The van der Waals surface area contributed by atoms with Gasteiger partial charge in [-0.3, -0.25) is 0 Å². The van der Waals surface area contributed by atoms with Crippen molar-refractivity contribution in [3.63, 3.8) is 0 Å². The Bertz CT molecular complexity index is 1300. The highest BCUT2D eigenvalue weighted by Gasteiger charge is 2.13. The maximum absolute atomic E-state index is 11.1. The monoisotopic (exact) mass is 397 g/mol. The molecule has 0 unspecified atom stereocenters. The van der Waals surface area contributed by atoms with Crippen molar-refractivity contribution in [1.82, 2.24) is 14.6 Å². The van der Waals surface area contributed by atoms with E-state index in [1.165, 1.54) is 16.9 Å². The first-order chi connectivity index (χ1) is 14.2. The van der Waals surface area contributed by atoms with Gasteiger partial charge >= 0.3 is 5.97 Å². The third-order valence-electron chi connectivity index (χ3n) is 4.75. The molecule has 0 saturated heterocycles. The van der Waals surface area contributed by atoms with Crippen LogP contribution in [0.4, 0.5) is 0 Å². The van der Waals surface area contributed by atoms with Gasteiger partial charge < -0.3 is 5.11 Å². The minimum absolute atomic E-state index is 0.256. The van der Waals surface area contributed by atoms with Gasteiger partial charge in [0.1, 0.15) is 5.01 Å². The number of hydrogen-bond acceptors (Lipinski definition) is 4. The molecular weight excluding hydrogens is 382 g/mol.